The summed E-state index contributed by atoms with van der Waals surface area (Å²) in [5, 5.41) is 9.82. The van der Waals surface area contributed by atoms with Crippen molar-refractivity contribution in [2.24, 2.45) is 15.9 Å². The van der Waals surface area contributed by atoms with Crippen LogP contribution in [0.15, 0.2) is 34.4 Å². The maximum atomic E-state index is 9.29. The van der Waals surface area contributed by atoms with Crippen molar-refractivity contribution >= 4 is 28.8 Å². The number of ether oxygens (including phenoxy) is 2. The fourth-order valence-corrected chi connectivity index (χ4v) is 4.52. The lowest BCUT2D eigenvalue weighted by atomic mass is 9.95. The van der Waals surface area contributed by atoms with Crippen LogP contribution in [-0.2, 0) is 16.7 Å². The van der Waals surface area contributed by atoms with Crippen molar-refractivity contribution in [1.29, 1.82) is 5.26 Å². The van der Waals surface area contributed by atoms with Crippen molar-refractivity contribution < 1.29 is 9.47 Å². The van der Waals surface area contributed by atoms with E-state index in [0.717, 1.165) is 37.4 Å². The number of aromatic nitrogens is 1. The number of benzene rings is 1. The highest BCUT2D eigenvalue weighted by Crippen LogP contribution is 2.27. The summed E-state index contributed by atoms with van der Waals surface area (Å²) < 4.78 is 13.1. The molecule has 160 valence electrons. The van der Waals surface area contributed by atoms with Gasteiger partial charge in [-0.05, 0) is 42.4 Å². The lowest BCUT2D eigenvalue weighted by Gasteiger charge is -2.22. The summed E-state index contributed by atoms with van der Waals surface area (Å²) in [6.45, 7) is 9.02. The van der Waals surface area contributed by atoms with Gasteiger partial charge >= 0.3 is 0 Å². The van der Waals surface area contributed by atoms with Gasteiger partial charge in [0.1, 0.15) is 5.75 Å². The van der Waals surface area contributed by atoms with Crippen molar-refractivity contribution in [3.63, 3.8) is 0 Å². The quantitative estimate of drug-likeness (QED) is 0.386. The van der Waals surface area contributed by atoms with Gasteiger partial charge < -0.3 is 14.0 Å². The Balaban J connectivity index is 2.10. The van der Waals surface area contributed by atoms with Crippen LogP contribution in [0.3, 0.4) is 0 Å². The Labute approximate surface area is 186 Å². The van der Waals surface area contributed by atoms with Gasteiger partial charge in [-0.1, -0.05) is 32.4 Å². The third-order valence-corrected chi connectivity index (χ3v) is 6.70. The van der Waals surface area contributed by atoms with Crippen molar-refractivity contribution in [2.75, 3.05) is 20.3 Å². The molecule has 0 aliphatic carbocycles. The topological polar surface area (TPSA) is 71.9 Å². The second kappa shape index (κ2) is 9.78. The molecule has 1 aliphatic heterocycles. The third-order valence-electron chi connectivity index (χ3n) is 5.01. The van der Waals surface area contributed by atoms with Crippen molar-refractivity contribution in [2.45, 2.75) is 45.6 Å². The van der Waals surface area contributed by atoms with Crippen LogP contribution in [0.5, 0.6) is 5.75 Å². The van der Waals surface area contributed by atoms with Gasteiger partial charge in [0.05, 0.1) is 12.7 Å². The number of thiazole rings is 1. The Morgan fingerprint density at radius 3 is 2.73 bits per heavy atom. The highest BCUT2D eigenvalue weighted by molar-refractivity contribution is 7.09. The predicted molar refractivity (Wildman–Crippen MR) is 120 cm³/mol. The molecule has 3 rings (SSSR count). The summed E-state index contributed by atoms with van der Waals surface area (Å²) in [6, 6.07) is 5.22. The average molecular weight is 447 g/mol. The number of aliphatic imine (C=N–C) groups is 1. The molecule has 1 aliphatic rings. The molecular weight excluding hydrogens is 420 g/mol. The first-order valence-electron chi connectivity index (χ1n) is 9.95. The molecule has 1 aromatic carbocycles. The van der Waals surface area contributed by atoms with Crippen LogP contribution in [-0.4, -0.2) is 30.7 Å². The third kappa shape index (κ3) is 5.51. The Hall–Kier alpha value is -2.14. The number of amidine groups is 1. The van der Waals surface area contributed by atoms with E-state index in [1.54, 1.807) is 36.6 Å². The van der Waals surface area contributed by atoms with Gasteiger partial charge in [0, 0.05) is 35.9 Å². The van der Waals surface area contributed by atoms with Gasteiger partial charge in [-0.15, -0.1) is 11.3 Å². The van der Waals surface area contributed by atoms with Crippen LogP contribution in [0.1, 0.15) is 44.1 Å². The number of hydrogen-bond acceptors (Lipinski definition) is 5. The monoisotopic (exact) mass is 446 g/mol. The van der Waals surface area contributed by atoms with Crippen molar-refractivity contribution in [1.82, 2.24) is 4.57 Å². The summed E-state index contributed by atoms with van der Waals surface area (Å²) in [6.07, 6.45) is 6.12. The first-order chi connectivity index (χ1) is 14.3. The molecule has 0 bridgehead atoms. The molecular formula is C22H27ClN4O2S. The van der Waals surface area contributed by atoms with Gasteiger partial charge in [-0.2, -0.15) is 15.2 Å². The molecule has 0 amide bonds. The molecule has 0 atom stereocenters. The molecule has 30 heavy (non-hydrogen) atoms. The number of halogens is 1. The molecule has 0 unspecified atom stereocenters. The Kier molecular flexibility index (Phi) is 7.35. The molecule has 1 aromatic heterocycles. The molecule has 0 saturated carbocycles. The van der Waals surface area contributed by atoms with E-state index >= 15 is 0 Å². The van der Waals surface area contributed by atoms with E-state index in [1.165, 1.54) is 4.88 Å². The van der Waals surface area contributed by atoms with Crippen LogP contribution in [0.4, 0.5) is 0 Å². The lowest BCUT2D eigenvalue weighted by Crippen LogP contribution is -2.25. The zero-order valence-corrected chi connectivity index (χ0v) is 19.4. The minimum absolute atomic E-state index is 0.00383. The largest absolute Gasteiger partial charge is 0.496 e. The SMILES string of the molecule is COc1ccc(Cl)cc1C(/N=c1\sc(C(C)(C)C)cn1CC1CCOCC1)=N\C#N. The second-order valence-corrected chi connectivity index (χ2v) is 9.77. The normalized spacial score (nSPS) is 16.5. The maximum absolute atomic E-state index is 9.29. The van der Waals surface area contributed by atoms with E-state index < -0.39 is 0 Å². The molecule has 6 nitrogen and oxygen atoms in total. The predicted octanol–water partition coefficient (Wildman–Crippen LogP) is 4.76. The van der Waals surface area contributed by atoms with E-state index in [2.05, 4.69) is 36.5 Å². The van der Waals surface area contributed by atoms with Gasteiger partial charge in [-0.25, -0.2) is 0 Å². The van der Waals surface area contributed by atoms with E-state index in [1.807, 2.05) is 6.19 Å². The summed E-state index contributed by atoms with van der Waals surface area (Å²) in [4.78, 5) is 10.8. The van der Waals surface area contributed by atoms with Gasteiger partial charge in [0.15, 0.2) is 10.6 Å². The number of methoxy groups -OCH3 is 1. The summed E-state index contributed by atoms with van der Waals surface area (Å²) in [5.74, 6) is 1.40. The second-order valence-electron chi connectivity index (χ2n) is 8.33. The molecule has 1 saturated heterocycles. The molecule has 0 spiro atoms. The van der Waals surface area contributed by atoms with Crippen LogP contribution in [0.25, 0.3) is 0 Å². The minimum atomic E-state index is -0.00383. The first-order valence-corrected chi connectivity index (χ1v) is 11.1. The molecule has 1 fully saturated rings. The molecule has 8 heteroatoms. The van der Waals surface area contributed by atoms with Crippen LogP contribution in [0.2, 0.25) is 5.02 Å². The highest BCUT2D eigenvalue weighted by Gasteiger charge is 2.21. The number of nitriles is 1. The molecule has 0 radical (unpaired) electrons. The Bertz CT molecular complexity index is 1020. The Morgan fingerprint density at radius 2 is 2.10 bits per heavy atom. The van der Waals surface area contributed by atoms with Crippen molar-refractivity contribution in [3.8, 4) is 11.9 Å². The fraction of sp³-hybridized carbons (Fsp3) is 0.500. The van der Waals surface area contributed by atoms with E-state index in [-0.39, 0.29) is 5.41 Å². The first kappa shape index (κ1) is 22.5. The van der Waals surface area contributed by atoms with E-state index in [0.29, 0.717) is 28.1 Å². The van der Waals surface area contributed by atoms with Gasteiger partial charge in [-0.3, -0.25) is 0 Å². The van der Waals surface area contributed by atoms with Crippen LogP contribution < -0.4 is 9.54 Å². The van der Waals surface area contributed by atoms with E-state index in [9.17, 15) is 5.26 Å². The fourth-order valence-electron chi connectivity index (χ4n) is 3.29. The zero-order chi connectivity index (χ0) is 21.7. The van der Waals surface area contributed by atoms with Crippen molar-refractivity contribution in [3.05, 3.63) is 44.7 Å². The van der Waals surface area contributed by atoms with Crippen LogP contribution in [0, 0.1) is 17.4 Å². The summed E-state index contributed by atoms with van der Waals surface area (Å²) in [7, 11) is 1.57. The van der Waals surface area contributed by atoms with E-state index in [4.69, 9.17) is 26.1 Å². The number of hydrogen-bond donors (Lipinski definition) is 0. The molecule has 2 heterocycles. The number of rotatable bonds is 4. The zero-order valence-electron chi connectivity index (χ0n) is 17.8. The van der Waals surface area contributed by atoms with Gasteiger partial charge in [0.2, 0.25) is 6.19 Å². The minimum Gasteiger partial charge on any atom is -0.496 e. The lowest BCUT2D eigenvalue weighted by molar-refractivity contribution is 0.0610. The van der Waals surface area contributed by atoms with Crippen LogP contribution >= 0.6 is 22.9 Å². The maximum Gasteiger partial charge on any atom is 0.207 e. The summed E-state index contributed by atoms with van der Waals surface area (Å²) >= 11 is 7.82. The Morgan fingerprint density at radius 1 is 1.37 bits per heavy atom. The summed E-state index contributed by atoms with van der Waals surface area (Å²) in [5.41, 5.74) is 0.589. The molecule has 0 N–H and O–H groups in total. The smallest absolute Gasteiger partial charge is 0.207 e. The standard InChI is InChI=1S/C22H27ClN4O2S/c1-22(2,3)19-13-27(12-15-7-9-29-10-8-15)21(30-19)26-20(25-14-24)17-11-16(23)5-6-18(17)28-4/h5-6,11,13,15H,7-10,12H2,1-4H3/b25-20+,26-21-. The highest BCUT2D eigenvalue weighted by atomic mass is 35.5. The number of nitrogens with zero attached hydrogens (tertiary/aromatic N) is 4. The average Bonchev–Trinajstić information content (AvgIpc) is 3.11. The molecule has 2 aromatic rings. The van der Waals surface area contributed by atoms with Gasteiger partial charge in [0.25, 0.3) is 0 Å².